The molecule has 1 N–H and O–H groups in total. The molecule has 7 nitrogen and oxygen atoms in total. The van der Waals surface area contributed by atoms with Crippen LogP contribution in [0.5, 0.6) is 5.75 Å². The Kier molecular flexibility index (Phi) is 7.84. The van der Waals surface area contributed by atoms with E-state index in [0.717, 1.165) is 52.4 Å². The van der Waals surface area contributed by atoms with Crippen LogP contribution in [0.4, 0.5) is 5.69 Å². The van der Waals surface area contributed by atoms with Gasteiger partial charge in [0.1, 0.15) is 5.75 Å². The molecule has 1 fully saturated rings. The van der Waals surface area contributed by atoms with Crippen LogP contribution >= 0.6 is 0 Å². The molecule has 4 aromatic rings. The number of ether oxygens (including phenoxy) is 1. The van der Waals surface area contributed by atoms with Crippen molar-refractivity contribution in [2.24, 2.45) is 5.92 Å². The van der Waals surface area contributed by atoms with Crippen molar-refractivity contribution in [3.8, 4) is 28.3 Å². The monoisotopic (exact) mass is 510 g/mol. The fourth-order valence-electron chi connectivity index (χ4n) is 4.99. The van der Waals surface area contributed by atoms with Crippen molar-refractivity contribution in [3.05, 3.63) is 83.7 Å². The van der Waals surface area contributed by atoms with Gasteiger partial charge in [-0.05, 0) is 85.9 Å². The molecule has 5 rings (SSSR count). The van der Waals surface area contributed by atoms with Crippen molar-refractivity contribution in [3.63, 3.8) is 0 Å². The number of rotatable bonds is 8. The van der Waals surface area contributed by atoms with Crippen LogP contribution in [0.3, 0.4) is 0 Å². The summed E-state index contributed by atoms with van der Waals surface area (Å²) in [5.41, 5.74) is 5.99. The number of nitrogens with one attached hydrogen (secondary N) is 1. The minimum absolute atomic E-state index is 0.0485. The van der Waals surface area contributed by atoms with E-state index in [9.17, 15) is 4.79 Å². The third-order valence-corrected chi connectivity index (χ3v) is 6.99. The van der Waals surface area contributed by atoms with Crippen LogP contribution in [-0.2, 0) is 11.2 Å². The number of hydrogen-bond acceptors (Lipinski definition) is 6. The van der Waals surface area contributed by atoms with Crippen molar-refractivity contribution in [2.75, 3.05) is 32.1 Å². The Morgan fingerprint density at radius 1 is 1.05 bits per heavy atom. The lowest BCUT2D eigenvalue weighted by Crippen LogP contribution is -2.34. The quantitative estimate of drug-likeness (QED) is 0.317. The summed E-state index contributed by atoms with van der Waals surface area (Å²) >= 11 is 0. The van der Waals surface area contributed by atoms with Crippen LogP contribution in [0, 0.1) is 19.8 Å². The highest BCUT2D eigenvalue weighted by atomic mass is 16.5. The third-order valence-electron chi connectivity index (χ3n) is 6.99. The van der Waals surface area contributed by atoms with Gasteiger partial charge in [0.2, 0.25) is 17.6 Å². The molecule has 1 aliphatic heterocycles. The van der Waals surface area contributed by atoms with E-state index >= 15 is 0 Å². The lowest BCUT2D eigenvalue weighted by Gasteiger charge is -2.29. The number of aryl methyl sites for hydroxylation is 2. The van der Waals surface area contributed by atoms with Gasteiger partial charge in [0.25, 0.3) is 0 Å². The van der Waals surface area contributed by atoms with Gasteiger partial charge in [0.15, 0.2) is 0 Å². The number of anilines is 1. The van der Waals surface area contributed by atoms with Crippen molar-refractivity contribution in [1.29, 1.82) is 0 Å². The third kappa shape index (κ3) is 6.47. The molecular formula is C31H34N4O3. The molecule has 0 bridgehead atoms. The number of benzene rings is 3. The summed E-state index contributed by atoms with van der Waals surface area (Å²) in [7, 11) is 2.16. The van der Waals surface area contributed by atoms with Crippen LogP contribution in [0.1, 0.15) is 29.9 Å². The lowest BCUT2D eigenvalue weighted by atomic mass is 9.97. The largest absolute Gasteiger partial charge is 0.493 e. The normalized spacial score (nSPS) is 15.8. The van der Waals surface area contributed by atoms with E-state index in [1.54, 1.807) is 6.92 Å². The molecule has 1 amide bonds. The van der Waals surface area contributed by atoms with Crippen molar-refractivity contribution < 1.29 is 14.1 Å². The molecule has 7 heteroatoms. The number of likely N-dealkylation sites (tertiary alicyclic amines) is 1. The van der Waals surface area contributed by atoms with E-state index in [-0.39, 0.29) is 5.91 Å². The van der Waals surface area contributed by atoms with Crippen molar-refractivity contribution in [2.45, 2.75) is 33.1 Å². The summed E-state index contributed by atoms with van der Waals surface area (Å²) in [4.78, 5) is 19.3. The van der Waals surface area contributed by atoms with E-state index < -0.39 is 0 Å². The minimum Gasteiger partial charge on any atom is -0.493 e. The molecule has 38 heavy (non-hydrogen) atoms. The predicted octanol–water partition coefficient (Wildman–Crippen LogP) is 5.92. The highest BCUT2D eigenvalue weighted by molar-refractivity contribution is 5.92. The number of piperidine rings is 1. The van der Waals surface area contributed by atoms with Crippen LogP contribution in [0.2, 0.25) is 0 Å². The number of aromatic nitrogens is 2. The van der Waals surface area contributed by atoms with Gasteiger partial charge >= 0.3 is 0 Å². The zero-order valence-electron chi connectivity index (χ0n) is 22.2. The Labute approximate surface area is 223 Å². The Morgan fingerprint density at radius 2 is 1.82 bits per heavy atom. The van der Waals surface area contributed by atoms with Crippen LogP contribution in [0.25, 0.3) is 22.5 Å². The summed E-state index contributed by atoms with van der Waals surface area (Å²) < 4.78 is 11.1. The Balaban J connectivity index is 1.13. The van der Waals surface area contributed by atoms with Crippen LogP contribution in [-0.4, -0.2) is 47.7 Å². The molecule has 0 aliphatic carbocycles. The Morgan fingerprint density at radius 3 is 2.50 bits per heavy atom. The van der Waals surface area contributed by atoms with E-state index in [1.165, 1.54) is 19.4 Å². The van der Waals surface area contributed by atoms with Crippen molar-refractivity contribution >= 4 is 11.6 Å². The topological polar surface area (TPSA) is 80.5 Å². The van der Waals surface area contributed by atoms with Gasteiger partial charge in [0.05, 0.1) is 13.0 Å². The second-order valence-corrected chi connectivity index (χ2v) is 10.2. The number of hydrogen-bond donors (Lipinski definition) is 1. The molecule has 1 aliphatic rings. The first-order chi connectivity index (χ1) is 18.4. The van der Waals surface area contributed by atoms with Crippen LogP contribution < -0.4 is 10.1 Å². The highest BCUT2D eigenvalue weighted by Gasteiger charge is 2.17. The minimum atomic E-state index is -0.0485. The number of amides is 1. The first-order valence-corrected chi connectivity index (χ1v) is 13.1. The summed E-state index contributed by atoms with van der Waals surface area (Å²) in [6, 6.07) is 21.9. The van der Waals surface area contributed by atoms with Gasteiger partial charge in [-0.1, -0.05) is 41.6 Å². The molecule has 196 valence electrons. The summed E-state index contributed by atoms with van der Waals surface area (Å²) in [5.74, 6) is 2.50. The van der Waals surface area contributed by atoms with Gasteiger partial charge < -0.3 is 19.5 Å². The summed E-state index contributed by atoms with van der Waals surface area (Å²) in [5, 5.41) is 6.99. The first-order valence-electron chi connectivity index (χ1n) is 13.1. The highest BCUT2D eigenvalue weighted by Crippen LogP contribution is 2.28. The lowest BCUT2D eigenvalue weighted by molar-refractivity contribution is -0.115. The van der Waals surface area contributed by atoms with Gasteiger partial charge in [-0.2, -0.15) is 4.98 Å². The van der Waals surface area contributed by atoms with E-state index in [2.05, 4.69) is 58.6 Å². The SMILES string of the molecule is Cc1nc(-c2ccc(-c3ccc(CC(=O)Nc4ccc(OCC5CCCN(C)C5)cc4)cc3)c(C)c2)no1. The summed E-state index contributed by atoms with van der Waals surface area (Å²) in [6.45, 7) is 6.84. The van der Waals surface area contributed by atoms with Gasteiger partial charge in [-0.3, -0.25) is 4.79 Å². The number of carbonyl (C=O) groups is 1. The first kappa shape index (κ1) is 25.7. The Bertz CT molecular complexity index is 1380. The fraction of sp³-hybridized carbons (Fsp3) is 0.323. The maximum absolute atomic E-state index is 12.6. The van der Waals surface area contributed by atoms with Gasteiger partial charge in [-0.15, -0.1) is 0 Å². The molecule has 0 spiro atoms. The molecule has 1 unspecified atom stereocenters. The van der Waals surface area contributed by atoms with Crippen LogP contribution in [0.15, 0.2) is 71.3 Å². The average molecular weight is 511 g/mol. The van der Waals surface area contributed by atoms with E-state index in [1.807, 2.05) is 42.5 Å². The standard InChI is InChI=1S/C31H34N4O3/c1-21-17-26(31-32-22(2)38-34-31)10-15-29(21)25-8-6-23(7-9-25)18-30(36)33-27-11-13-28(14-12-27)37-20-24-5-4-16-35(3)19-24/h6-15,17,24H,4-5,16,18-20H2,1-3H3,(H,33,36). The second-order valence-electron chi connectivity index (χ2n) is 10.2. The fourth-order valence-corrected chi connectivity index (χ4v) is 4.99. The molecule has 1 aromatic heterocycles. The molecule has 1 saturated heterocycles. The number of nitrogens with zero attached hydrogens (tertiary/aromatic N) is 3. The number of carbonyl (C=O) groups excluding carboxylic acids is 1. The maximum Gasteiger partial charge on any atom is 0.228 e. The second kappa shape index (κ2) is 11.6. The molecule has 2 heterocycles. The Hall–Kier alpha value is -3.97. The van der Waals surface area contributed by atoms with Crippen molar-refractivity contribution in [1.82, 2.24) is 15.0 Å². The summed E-state index contributed by atoms with van der Waals surface area (Å²) in [6.07, 6.45) is 2.75. The zero-order chi connectivity index (χ0) is 26.5. The van der Waals surface area contributed by atoms with E-state index in [4.69, 9.17) is 9.26 Å². The zero-order valence-corrected chi connectivity index (χ0v) is 22.2. The van der Waals surface area contributed by atoms with E-state index in [0.29, 0.717) is 24.1 Å². The molecule has 0 radical (unpaired) electrons. The van der Waals surface area contributed by atoms with Gasteiger partial charge in [0, 0.05) is 30.6 Å². The molecular weight excluding hydrogens is 476 g/mol. The predicted molar refractivity (Wildman–Crippen MR) is 149 cm³/mol. The smallest absolute Gasteiger partial charge is 0.228 e. The molecule has 0 saturated carbocycles. The van der Waals surface area contributed by atoms with Gasteiger partial charge in [-0.25, -0.2) is 0 Å². The molecule has 1 atom stereocenters. The molecule has 3 aromatic carbocycles. The average Bonchev–Trinajstić information content (AvgIpc) is 3.35. The maximum atomic E-state index is 12.6.